The molecule has 1 unspecified atom stereocenters. The largest absolute Gasteiger partial charge is 0.377 e. The van der Waals surface area contributed by atoms with Gasteiger partial charge in [-0.2, -0.15) is 0 Å². The van der Waals surface area contributed by atoms with Gasteiger partial charge in [-0.25, -0.2) is 0 Å². The molecule has 0 aromatic heterocycles. The van der Waals surface area contributed by atoms with Crippen LogP contribution in [-0.2, 0) is 11.3 Å². The molecular weight excluding hydrogens is 230 g/mol. The molecule has 1 heterocycles. The predicted octanol–water partition coefficient (Wildman–Crippen LogP) is 3.07. The smallest absolute Gasteiger partial charge is 0.0669 e. The Morgan fingerprint density at radius 2 is 2.35 bits per heavy atom. The molecule has 0 spiro atoms. The molecule has 1 aliphatic heterocycles. The van der Waals surface area contributed by atoms with E-state index in [9.17, 15) is 0 Å². The second kappa shape index (κ2) is 7.04. The summed E-state index contributed by atoms with van der Waals surface area (Å²) in [5.41, 5.74) is 1.35. The second-order valence-corrected chi connectivity index (χ2v) is 5.57. The maximum atomic E-state index is 5.74. The molecule has 3 heteroatoms. The Morgan fingerprint density at radius 3 is 3.12 bits per heavy atom. The molecule has 1 aromatic carbocycles. The van der Waals surface area contributed by atoms with Gasteiger partial charge in [0, 0.05) is 23.8 Å². The average Bonchev–Trinajstić information content (AvgIpc) is 2.39. The van der Waals surface area contributed by atoms with E-state index in [0.717, 1.165) is 18.9 Å². The molecule has 0 bridgehead atoms. The summed E-state index contributed by atoms with van der Waals surface area (Å²) in [5, 5.41) is 3.18. The van der Waals surface area contributed by atoms with Crippen molar-refractivity contribution in [2.75, 3.05) is 19.4 Å². The van der Waals surface area contributed by atoms with E-state index in [0.29, 0.717) is 6.10 Å². The van der Waals surface area contributed by atoms with Gasteiger partial charge in [0.1, 0.15) is 0 Å². The zero-order chi connectivity index (χ0) is 11.9. The van der Waals surface area contributed by atoms with Gasteiger partial charge in [-0.05, 0) is 44.0 Å². The van der Waals surface area contributed by atoms with Crippen LogP contribution in [0.15, 0.2) is 29.2 Å². The van der Waals surface area contributed by atoms with Crippen LogP contribution >= 0.6 is 11.8 Å². The number of ether oxygens (including phenoxy) is 1. The first kappa shape index (κ1) is 12.9. The molecule has 0 amide bonds. The van der Waals surface area contributed by atoms with E-state index < -0.39 is 0 Å². The highest BCUT2D eigenvalue weighted by atomic mass is 32.2. The molecule has 0 saturated carbocycles. The van der Waals surface area contributed by atoms with Crippen molar-refractivity contribution in [1.82, 2.24) is 5.32 Å². The molecule has 2 rings (SSSR count). The highest BCUT2D eigenvalue weighted by Gasteiger charge is 2.13. The molecule has 94 valence electrons. The van der Waals surface area contributed by atoms with E-state index in [1.807, 2.05) is 18.8 Å². The van der Waals surface area contributed by atoms with E-state index in [2.05, 4.69) is 29.6 Å². The number of hydrogen-bond acceptors (Lipinski definition) is 3. The van der Waals surface area contributed by atoms with Crippen LogP contribution in [0.25, 0.3) is 0 Å². The van der Waals surface area contributed by atoms with Gasteiger partial charge in [-0.1, -0.05) is 12.1 Å². The van der Waals surface area contributed by atoms with Crippen molar-refractivity contribution < 1.29 is 4.74 Å². The molecule has 0 radical (unpaired) electrons. The number of nitrogens with one attached hydrogen (secondary N) is 1. The Labute approximate surface area is 108 Å². The van der Waals surface area contributed by atoms with Gasteiger partial charge < -0.3 is 10.1 Å². The van der Waals surface area contributed by atoms with Crippen LogP contribution in [0.4, 0.5) is 0 Å². The van der Waals surface area contributed by atoms with Crippen LogP contribution < -0.4 is 5.32 Å². The fourth-order valence-electron chi connectivity index (χ4n) is 2.08. The fourth-order valence-corrected chi connectivity index (χ4v) is 3.13. The van der Waals surface area contributed by atoms with Gasteiger partial charge in [0.15, 0.2) is 0 Å². The van der Waals surface area contributed by atoms with Crippen LogP contribution in [0.5, 0.6) is 0 Å². The van der Waals surface area contributed by atoms with Gasteiger partial charge in [0.05, 0.1) is 6.10 Å². The number of hydrogen-bond donors (Lipinski definition) is 1. The normalized spacial score (nSPS) is 20.4. The summed E-state index contributed by atoms with van der Waals surface area (Å²) in [6, 6.07) is 8.76. The van der Waals surface area contributed by atoms with Crippen molar-refractivity contribution in [3.63, 3.8) is 0 Å². The lowest BCUT2D eigenvalue weighted by atomic mass is 10.1. The summed E-state index contributed by atoms with van der Waals surface area (Å²) in [6.07, 6.45) is 4.24. The lowest BCUT2D eigenvalue weighted by Gasteiger charge is -2.22. The van der Waals surface area contributed by atoms with Crippen molar-refractivity contribution in [2.45, 2.75) is 36.8 Å². The summed E-state index contributed by atoms with van der Waals surface area (Å²) >= 11 is 1.91. The van der Waals surface area contributed by atoms with Crippen LogP contribution in [-0.4, -0.2) is 25.5 Å². The maximum Gasteiger partial charge on any atom is 0.0669 e. The summed E-state index contributed by atoms with van der Waals surface area (Å²) < 4.78 is 5.74. The quantitative estimate of drug-likeness (QED) is 0.813. The SMILES string of the molecule is CNCc1cccc(SCC2CCCCO2)c1. The van der Waals surface area contributed by atoms with Gasteiger partial charge in [0.25, 0.3) is 0 Å². The Balaban J connectivity index is 1.83. The minimum absolute atomic E-state index is 0.460. The Morgan fingerprint density at radius 1 is 1.41 bits per heavy atom. The number of benzene rings is 1. The zero-order valence-electron chi connectivity index (χ0n) is 10.4. The topological polar surface area (TPSA) is 21.3 Å². The van der Waals surface area contributed by atoms with E-state index in [4.69, 9.17) is 4.74 Å². The molecular formula is C14H21NOS. The van der Waals surface area contributed by atoms with E-state index in [-0.39, 0.29) is 0 Å². The molecule has 17 heavy (non-hydrogen) atoms. The monoisotopic (exact) mass is 251 g/mol. The summed E-state index contributed by atoms with van der Waals surface area (Å²) in [4.78, 5) is 1.35. The summed E-state index contributed by atoms with van der Waals surface area (Å²) in [5.74, 6) is 1.09. The predicted molar refractivity (Wildman–Crippen MR) is 73.5 cm³/mol. The van der Waals surface area contributed by atoms with Crippen molar-refractivity contribution in [3.05, 3.63) is 29.8 Å². The van der Waals surface area contributed by atoms with Crippen LogP contribution in [0.1, 0.15) is 24.8 Å². The molecule has 1 aliphatic rings. The van der Waals surface area contributed by atoms with Crippen LogP contribution in [0.3, 0.4) is 0 Å². The minimum Gasteiger partial charge on any atom is -0.377 e. The van der Waals surface area contributed by atoms with Gasteiger partial charge >= 0.3 is 0 Å². The highest BCUT2D eigenvalue weighted by molar-refractivity contribution is 7.99. The Bertz CT molecular complexity index is 337. The number of thioether (sulfide) groups is 1. The van der Waals surface area contributed by atoms with Crippen LogP contribution in [0.2, 0.25) is 0 Å². The third kappa shape index (κ3) is 4.34. The lowest BCUT2D eigenvalue weighted by molar-refractivity contribution is 0.0315. The van der Waals surface area contributed by atoms with Crippen molar-refractivity contribution >= 4 is 11.8 Å². The second-order valence-electron chi connectivity index (χ2n) is 4.48. The first-order valence-corrected chi connectivity index (χ1v) is 7.35. The van der Waals surface area contributed by atoms with E-state index >= 15 is 0 Å². The average molecular weight is 251 g/mol. The molecule has 1 fully saturated rings. The molecule has 2 nitrogen and oxygen atoms in total. The lowest BCUT2D eigenvalue weighted by Crippen LogP contribution is -2.21. The maximum absolute atomic E-state index is 5.74. The van der Waals surface area contributed by atoms with Crippen LogP contribution in [0, 0.1) is 0 Å². The third-order valence-corrected chi connectivity index (χ3v) is 4.11. The van der Waals surface area contributed by atoms with Crippen molar-refractivity contribution in [3.8, 4) is 0 Å². The summed E-state index contributed by atoms with van der Waals surface area (Å²) in [7, 11) is 1.98. The Hall–Kier alpha value is -0.510. The molecule has 0 aliphatic carbocycles. The van der Waals surface area contributed by atoms with E-state index in [1.165, 1.54) is 29.7 Å². The Kier molecular flexibility index (Phi) is 5.36. The zero-order valence-corrected chi connectivity index (χ0v) is 11.3. The van der Waals surface area contributed by atoms with Gasteiger partial charge in [0.2, 0.25) is 0 Å². The summed E-state index contributed by atoms with van der Waals surface area (Å²) in [6.45, 7) is 1.89. The first-order chi connectivity index (χ1) is 8.38. The molecule has 1 N–H and O–H groups in total. The third-order valence-electron chi connectivity index (χ3n) is 2.99. The fraction of sp³-hybridized carbons (Fsp3) is 0.571. The van der Waals surface area contributed by atoms with Gasteiger partial charge in [-0.15, -0.1) is 11.8 Å². The molecule has 1 aromatic rings. The van der Waals surface area contributed by atoms with Crippen molar-refractivity contribution in [1.29, 1.82) is 0 Å². The molecule has 1 saturated heterocycles. The standard InChI is InChI=1S/C14H21NOS/c1-15-10-12-5-4-7-14(9-12)17-11-13-6-2-3-8-16-13/h4-5,7,9,13,15H,2-3,6,8,10-11H2,1H3. The molecule has 1 atom stereocenters. The number of rotatable bonds is 5. The minimum atomic E-state index is 0.460. The van der Waals surface area contributed by atoms with Gasteiger partial charge in [-0.3, -0.25) is 0 Å². The van der Waals surface area contributed by atoms with Crippen molar-refractivity contribution in [2.24, 2.45) is 0 Å². The first-order valence-electron chi connectivity index (χ1n) is 6.36. The van der Waals surface area contributed by atoms with E-state index in [1.54, 1.807) is 0 Å². The highest BCUT2D eigenvalue weighted by Crippen LogP contribution is 2.24.